The molecular weight excluding hydrogens is 357 g/mol. The van der Waals surface area contributed by atoms with Crippen molar-refractivity contribution in [3.05, 3.63) is 18.5 Å². The van der Waals surface area contributed by atoms with Crippen LogP contribution in [0.1, 0.15) is 6.42 Å². The van der Waals surface area contributed by atoms with Gasteiger partial charge in [-0.2, -0.15) is 11.8 Å². The van der Waals surface area contributed by atoms with Gasteiger partial charge in [-0.15, -0.1) is 24.8 Å². The van der Waals surface area contributed by atoms with Gasteiger partial charge in [-0.1, -0.05) is 0 Å². The van der Waals surface area contributed by atoms with Crippen molar-refractivity contribution in [2.45, 2.75) is 12.5 Å². The standard InChI is InChI=1S/C14H21N5OS.2ClH/c20-13(10-12-11-21-9-4-15-12)18-5-7-19(8-6-18)14-16-2-1-3-17-14;;/h1-3,12,15H,4-11H2;2*1H. The zero-order valence-corrected chi connectivity index (χ0v) is 15.3. The smallest absolute Gasteiger partial charge is 0.225 e. The number of carbonyl (C=O) groups excluding carboxylic acids is 1. The van der Waals surface area contributed by atoms with Gasteiger partial charge in [0.05, 0.1) is 0 Å². The first kappa shape index (κ1) is 20.3. The number of piperazine rings is 1. The highest BCUT2D eigenvalue weighted by molar-refractivity contribution is 7.99. The summed E-state index contributed by atoms with van der Waals surface area (Å²) in [5.41, 5.74) is 0. The molecule has 1 amide bonds. The van der Waals surface area contributed by atoms with Crippen LogP contribution in [0.4, 0.5) is 5.95 Å². The molecule has 2 aliphatic heterocycles. The van der Waals surface area contributed by atoms with E-state index in [0.717, 1.165) is 50.2 Å². The third kappa shape index (κ3) is 5.67. The molecule has 9 heteroatoms. The molecule has 1 aromatic rings. The Hall–Kier alpha value is -0.760. The van der Waals surface area contributed by atoms with Gasteiger partial charge in [0.15, 0.2) is 0 Å². The van der Waals surface area contributed by atoms with Crippen molar-refractivity contribution in [3.63, 3.8) is 0 Å². The van der Waals surface area contributed by atoms with E-state index >= 15 is 0 Å². The number of rotatable bonds is 3. The zero-order valence-electron chi connectivity index (χ0n) is 12.9. The molecule has 1 N–H and O–H groups in total. The lowest BCUT2D eigenvalue weighted by molar-refractivity contribution is -0.131. The number of hydrogen-bond donors (Lipinski definition) is 1. The van der Waals surface area contributed by atoms with E-state index in [-0.39, 0.29) is 30.7 Å². The minimum atomic E-state index is 0. The highest BCUT2D eigenvalue weighted by Gasteiger charge is 2.25. The Morgan fingerprint density at radius 3 is 2.52 bits per heavy atom. The second-order valence-electron chi connectivity index (χ2n) is 5.35. The molecule has 0 saturated carbocycles. The Morgan fingerprint density at radius 2 is 1.91 bits per heavy atom. The van der Waals surface area contributed by atoms with Crippen LogP contribution in [0.25, 0.3) is 0 Å². The molecule has 6 nitrogen and oxygen atoms in total. The van der Waals surface area contributed by atoms with Gasteiger partial charge in [0, 0.05) is 69.1 Å². The molecular formula is C14H23Cl2N5OS. The van der Waals surface area contributed by atoms with E-state index in [4.69, 9.17) is 0 Å². The van der Waals surface area contributed by atoms with Gasteiger partial charge >= 0.3 is 0 Å². The van der Waals surface area contributed by atoms with Crippen molar-refractivity contribution in [1.82, 2.24) is 20.2 Å². The SMILES string of the molecule is Cl.Cl.O=C(CC1CSCCN1)N1CCN(c2ncccn2)CC1. The molecule has 3 heterocycles. The Labute approximate surface area is 153 Å². The molecule has 0 aromatic carbocycles. The Bertz CT molecular complexity index is 467. The molecule has 0 bridgehead atoms. The van der Waals surface area contributed by atoms with Crippen LogP contribution in [-0.4, -0.2) is 71.0 Å². The fraction of sp³-hybridized carbons (Fsp3) is 0.643. The number of hydrogen-bond acceptors (Lipinski definition) is 6. The number of anilines is 1. The van der Waals surface area contributed by atoms with Gasteiger partial charge in [-0.25, -0.2) is 9.97 Å². The van der Waals surface area contributed by atoms with E-state index in [0.29, 0.717) is 12.5 Å². The second-order valence-corrected chi connectivity index (χ2v) is 6.50. The van der Waals surface area contributed by atoms with Crippen LogP contribution in [0, 0.1) is 0 Å². The van der Waals surface area contributed by atoms with Crippen LogP contribution in [-0.2, 0) is 4.79 Å². The van der Waals surface area contributed by atoms with E-state index in [1.54, 1.807) is 12.4 Å². The summed E-state index contributed by atoms with van der Waals surface area (Å²) in [4.78, 5) is 25.0. The average Bonchev–Trinajstić information content (AvgIpc) is 2.57. The van der Waals surface area contributed by atoms with Crippen molar-refractivity contribution < 1.29 is 4.79 Å². The maximum atomic E-state index is 12.3. The van der Waals surface area contributed by atoms with Crippen molar-refractivity contribution in [2.24, 2.45) is 0 Å². The summed E-state index contributed by atoms with van der Waals surface area (Å²) in [6, 6.07) is 2.16. The average molecular weight is 380 g/mol. The third-order valence-electron chi connectivity index (χ3n) is 3.89. The van der Waals surface area contributed by atoms with Gasteiger partial charge in [0.1, 0.15) is 0 Å². The fourth-order valence-electron chi connectivity index (χ4n) is 2.70. The summed E-state index contributed by atoms with van der Waals surface area (Å²) < 4.78 is 0. The van der Waals surface area contributed by atoms with E-state index in [1.807, 2.05) is 22.7 Å². The van der Waals surface area contributed by atoms with Crippen molar-refractivity contribution in [3.8, 4) is 0 Å². The van der Waals surface area contributed by atoms with E-state index in [1.165, 1.54) is 0 Å². The largest absolute Gasteiger partial charge is 0.339 e. The van der Waals surface area contributed by atoms with Crippen LogP contribution in [0.5, 0.6) is 0 Å². The maximum absolute atomic E-state index is 12.3. The minimum absolute atomic E-state index is 0. The first-order chi connectivity index (χ1) is 10.3. The molecule has 2 fully saturated rings. The number of amides is 1. The number of halogens is 2. The minimum Gasteiger partial charge on any atom is -0.339 e. The Kier molecular flexibility index (Phi) is 8.98. The molecule has 3 rings (SSSR count). The summed E-state index contributed by atoms with van der Waals surface area (Å²) in [5, 5.41) is 3.42. The Balaban J connectivity index is 0.00000132. The summed E-state index contributed by atoms with van der Waals surface area (Å²) in [5.74, 6) is 3.22. The zero-order chi connectivity index (χ0) is 14.5. The van der Waals surface area contributed by atoms with Crippen LogP contribution in [0.15, 0.2) is 18.5 Å². The number of carbonyl (C=O) groups is 1. The molecule has 1 atom stereocenters. The normalized spacial score (nSPS) is 21.1. The van der Waals surface area contributed by atoms with Gasteiger partial charge < -0.3 is 15.1 Å². The molecule has 1 unspecified atom stereocenters. The monoisotopic (exact) mass is 379 g/mol. The third-order valence-corrected chi connectivity index (χ3v) is 5.02. The van der Waals surface area contributed by atoms with Gasteiger partial charge in [-0.3, -0.25) is 4.79 Å². The fourth-order valence-corrected chi connectivity index (χ4v) is 3.65. The molecule has 1 aromatic heterocycles. The number of thioether (sulfide) groups is 1. The molecule has 0 aliphatic carbocycles. The first-order valence-electron chi connectivity index (χ1n) is 7.44. The van der Waals surface area contributed by atoms with Gasteiger partial charge in [0.25, 0.3) is 0 Å². The lowest BCUT2D eigenvalue weighted by atomic mass is 10.2. The number of nitrogens with one attached hydrogen (secondary N) is 1. The lowest BCUT2D eigenvalue weighted by Crippen LogP contribution is -2.51. The summed E-state index contributed by atoms with van der Waals surface area (Å²) in [7, 11) is 0. The molecule has 130 valence electrons. The lowest BCUT2D eigenvalue weighted by Gasteiger charge is -2.35. The maximum Gasteiger partial charge on any atom is 0.225 e. The van der Waals surface area contributed by atoms with E-state index in [2.05, 4.69) is 20.2 Å². The molecule has 2 aliphatic rings. The van der Waals surface area contributed by atoms with Crippen LogP contribution < -0.4 is 10.2 Å². The highest BCUT2D eigenvalue weighted by Crippen LogP contribution is 2.14. The predicted octanol–water partition coefficient (Wildman–Crippen LogP) is 1.06. The molecule has 0 spiro atoms. The quantitative estimate of drug-likeness (QED) is 0.847. The number of aromatic nitrogens is 2. The molecule has 0 radical (unpaired) electrons. The summed E-state index contributed by atoms with van der Waals surface area (Å²) in [6.45, 7) is 4.15. The van der Waals surface area contributed by atoms with Crippen LogP contribution >= 0.6 is 36.6 Å². The summed E-state index contributed by atoms with van der Waals surface area (Å²) >= 11 is 1.93. The number of nitrogens with zero attached hydrogens (tertiary/aromatic N) is 4. The second kappa shape index (κ2) is 10.2. The van der Waals surface area contributed by atoms with Crippen LogP contribution in [0.3, 0.4) is 0 Å². The highest BCUT2D eigenvalue weighted by atomic mass is 35.5. The topological polar surface area (TPSA) is 61.4 Å². The van der Waals surface area contributed by atoms with Gasteiger partial charge in [0.2, 0.25) is 11.9 Å². The summed E-state index contributed by atoms with van der Waals surface area (Å²) in [6.07, 6.45) is 4.13. The van der Waals surface area contributed by atoms with Crippen molar-refractivity contribution >= 4 is 48.4 Å². The van der Waals surface area contributed by atoms with Crippen molar-refractivity contribution in [2.75, 3.05) is 49.1 Å². The Morgan fingerprint density at radius 1 is 1.22 bits per heavy atom. The van der Waals surface area contributed by atoms with Gasteiger partial charge in [-0.05, 0) is 6.07 Å². The van der Waals surface area contributed by atoms with Crippen molar-refractivity contribution in [1.29, 1.82) is 0 Å². The van der Waals surface area contributed by atoms with E-state index < -0.39 is 0 Å². The predicted molar refractivity (Wildman–Crippen MR) is 99.1 cm³/mol. The first-order valence-corrected chi connectivity index (χ1v) is 8.59. The molecule has 23 heavy (non-hydrogen) atoms. The van der Waals surface area contributed by atoms with E-state index in [9.17, 15) is 4.79 Å². The van der Waals surface area contributed by atoms with Crippen LogP contribution in [0.2, 0.25) is 0 Å². The molecule has 2 saturated heterocycles.